The van der Waals surface area contributed by atoms with Gasteiger partial charge in [-0.2, -0.15) is 5.10 Å². The van der Waals surface area contributed by atoms with E-state index in [1.54, 1.807) is 22.9 Å². The van der Waals surface area contributed by atoms with Crippen LogP contribution >= 0.6 is 0 Å². The van der Waals surface area contributed by atoms with Crippen LogP contribution in [-0.2, 0) is 13.1 Å². The molecule has 0 radical (unpaired) electrons. The Kier molecular flexibility index (Phi) is 4.40. The van der Waals surface area contributed by atoms with Gasteiger partial charge in [0.1, 0.15) is 0 Å². The number of hydrogen-bond acceptors (Lipinski definition) is 4. The minimum atomic E-state index is -0.0251. The summed E-state index contributed by atoms with van der Waals surface area (Å²) in [4.78, 5) is 22.5. The lowest BCUT2D eigenvalue weighted by Crippen LogP contribution is -2.34. The maximum absolute atomic E-state index is 12.4. The summed E-state index contributed by atoms with van der Waals surface area (Å²) in [5, 5.41) is 4.66. The number of imidazole rings is 1. The highest BCUT2D eigenvalue weighted by Crippen LogP contribution is 2.31. The summed E-state index contributed by atoms with van der Waals surface area (Å²) in [6, 6.07) is 1.94. The van der Waals surface area contributed by atoms with Gasteiger partial charge in [-0.05, 0) is 40.2 Å². The molecule has 1 aliphatic heterocycles. The summed E-state index contributed by atoms with van der Waals surface area (Å²) in [5.74, 6) is 0.615. The molecule has 1 saturated heterocycles. The van der Waals surface area contributed by atoms with Crippen molar-refractivity contribution in [2.24, 2.45) is 0 Å². The standard InChI is InChI=1S/C19H26N6O/c1-4-25-14(3)15(13(2)22-25)12-23-9-6-5-7-17(23)16-11-18(26)24-10-8-20-19(24)21-16/h8,10-11,17H,4-7,9,12H2,1-3H3,(H,20,21)/t17-/m1/s1. The third-order valence-electron chi connectivity index (χ3n) is 5.58. The molecule has 0 amide bonds. The summed E-state index contributed by atoms with van der Waals surface area (Å²) in [6.07, 6.45) is 6.76. The summed E-state index contributed by atoms with van der Waals surface area (Å²) in [5.41, 5.74) is 4.59. The molecule has 0 aliphatic carbocycles. The van der Waals surface area contributed by atoms with Crippen LogP contribution in [0.2, 0.25) is 0 Å². The highest BCUT2D eigenvalue weighted by atomic mass is 16.1. The summed E-state index contributed by atoms with van der Waals surface area (Å²) in [7, 11) is 0. The van der Waals surface area contributed by atoms with E-state index in [1.807, 2.05) is 0 Å². The lowest BCUT2D eigenvalue weighted by Gasteiger charge is -2.35. The van der Waals surface area contributed by atoms with Gasteiger partial charge in [-0.25, -0.2) is 4.98 Å². The molecule has 26 heavy (non-hydrogen) atoms. The van der Waals surface area contributed by atoms with E-state index in [9.17, 15) is 4.79 Å². The van der Waals surface area contributed by atoms with Gasteiger partial charge in [0.2, 0.25) is 5.78 Å². The third-order valence-corrected chi connectivity index (χ3v) is 5.58. The van der Waals surface area contributed by atoms with Crippen molar-refractivity contribution in [3.8, 4) is 0 Å². The molecule has 0 bridgehead atoms. The first kappa shape index (κ1) is 17.0. The number of nitrogens with one attached hydrogen (secondary N) is 1. The van der Waals surface area contributed by atoms with Crippen LogP contribution in [0.4, 0.5) is 0 Å². The van der Waals surface area contributed by atoms with Crippen LogP contribution in [0.1, 0.15) is 54.9 Å². The van der Waals surface area contributed by atoms with Crippen molar-refractivity contribution in [3.63, 3.8) is 0 Å². The van der Waals surface area contributed by atoms with Gasteiger partial charge in [0.15, 0.2) is 0 Å². The van der Waals surface area contributed by atoms with Gasteiger partial charge in [0, 0.05) is 48.5 Å². The fourth-order valence-electron chi connectivity index (χ4n) is 4.13. The lowest BCUT2D eigenvalue weighted by atomic mass is 9.98. The monoisotopic (exact) mass is 354 g/mol. The number of fused-ring (bicyclic) bond motifs is 1. The van der Waals surface area contributed by atoms with Crippen molar-refractivity contribution >= 4 is 5.78 Å². The lowest BCUT2D eigenvalue weighted by molar-refractivity contribution is 0.136. The largest absolute Gasteiger partial charge is 0.327 e. The topological polar surface area (TPSA) is 71.2 Å². The van der Waals surface area contributed by atoms with Gasteiger partial charge >= 0.3 is 0 Å². The molecule has 0 aromatic carbocycles. The number of hydrogen-bond donors (Lipinski definition) is 1. The number of aromatic amines is 1. The number of aryl methyl sites for hydroxylation is 2. The zero-order valence-corrected chi connectivity index (χ0v) is 15.7. The van der Waals surface area contributed by atoms with E-state index < -0.39 is 0 Å². The molecule has 3 aromatic heterocycles. The van der Waals surface area contributed by atoms with E-state index in [4.69, 9.17) is 0 Å². The van der Waals surface area contributed by atoms with Crippen LogP contribution in [0.15, 0.2) is 23.3 Å². The van der Waals surface area contributed by atoms with Crippen LogP contribution in [0, 0.1) is 13.8 Å². The molecule has 4 heterocycles. The Morgan fingerprint density at radius 2 is 2.15 bits per heavy atom. The highest BCUT2D eigenvalue weighted by Gasteiger charge is 2.27. The molecule has 1 fully saturated rings. The smallest absolute Gasteiger partial charge is 0.259 e. The van der Waals surface area contributed by atoms with Crippen molar-refractivity contribution in [2.75, 3.05) is 6.54 Å². The first-order chi connectivity index (χ1) is 12.6. The Morgan fingerprint density at radius 3 is 2.92 bits per heavy atom. The van der Waals surface area contributed by atoms with Crippen LogP contribution < -0.4 is 5.56 Å². The van der Waals surface area contributed by atoms with Crippen molar-refractivity contribution in [2.45, 2.75) is 59.2 Å². The number of rotatable bonds is 4. The minimum Gasteiger partial charge on any atom is -0.327 e. The number of likely N-dealkylation sites (tertiary alicyclic amines) is 1. The van der Waals surface area contributed by atoms with E-state index in [-0.39, 0.29) is 11.6 Å². The van der Waals surface area contributed by atoms with Gasteiger partial charge in [0.05, 0.1) is 11.7 Å². The van der Waals surface area contributed by atoms with E-state index in [0.717, 1.165) is 37.4 Å². The second-order valence-electron chi connectivity index (χ2n) is 7.13. The van der Waals surface area contributed by atoms with Crippen LogP contribution in [0.25, 0.3) is 5.78 Å². The van der Waals surface area contributed by atoms with Crippen LogP contribution in [0.3, 0.4) is 0 Å². The second-order valence-corrected chi connectivity index (χ2v) is 7.13. The average Bonchev–Trinajstić information content (AvgIpc) is 3.22. The molecular weight excluding hydrogens is 328 g/mol. The summed E-state index contributed by atoms with van der Waals surface area (Å²) < 4.78 is 3.62. The summed E-state index contributed by atoms with van der Waals surface area (Å²) in [6.45, 7) is 9.14. The van der Waals surface area contributed by atoms with E-state index >= 15 is 0 Å². The predicted octanol–water partition coefficient (Wildman–Crippen LogP) is 2.58. The molecule has 1 N–H and O–H groups in total. The molecule has 3 aromatic rings. The normalized spacial score (nSPS) is 18.7. The van der Waals surface area contributed by atoms with Crippen molar-refractivity contribution in [3.05, 3.63) is 51.5 Å². The third kappa shape index (κ3) is 2.86. The molecule has 7 nitrogen and oxygen atoms in total. The number of H-pyrrole nitrogens is 1. The van der Waals surface area contributed by atoms with Gasteiger partial charge in [-0.3, -0.25) is 18.8 Å². The Morgan fingerprint density at radius 1 is 1.31 bits per heavy atom. The molecule has 7 heteroatoms. The first-order valence-electron chi connectivity index (χ1n) is 9.41. The maximum atomic E-state index is 12.4. The zero-order valence-electron chi connectivity index (χ0n) is 15.7. The zero-order chi connectivity index (χ0) is 18.3. The molecular formula is C19H26N6O. The predicted molar refractivity (Wildman–Crippen MR) is 100 cm³/mol. The van der Waals surface area contributed by atoms with Gasteiger partial charge < -0.3 is 4.98 Å². The number of piperidine rings is 1. The molecule has 0 unspecified atom stereocenters. The maximum Gasteiger partial charge on any atom is 0.259 e. The number of nitrogens with zero attached hydrogens (tertiary/aromatic N) is 5. The molecule has 0 spiro atoms. The van der Waals surface area contributed by atoms with Gasteiger partial charge in [0.25, 0.3) is 5.56 Å². The van der Waals surface area contributed by atoms with E-state index in [1.165, 1.54) is 24.1 Å². The van der Waals surface area contributed by atoms with Crippen molar-refractivity contribution < 1.29 is 0 Å². The summed E-state index contributed by atoms with van der Waals surface area (Å²) >= 11 is 0. The Labute approximate surface area is 152 Å². The SMILES string of the molecule is CCn1nc(C)c(CN2CCCC[C@@H]2c2cc(=O)n3ccnc3[nH]2)c1C. The van der Waals surface area contributed by atoms with Gasteiger partial charge in [-0.1, -0.05) is 6.42 Å². The van der Waals surface area contributed by atoms with E-state index in [0.29, 0.717) is 5.78 Å². The van der Waals surface area contributed by atoms with Crippen molar-refractivity contribution in [1.29, 1.82) is 0 Å². The molecule has 138 valence electrons. The molecule has 4 rings (SSSR count). The Bertz CT molecular complexity index is 982. The minimum absolute atomic E-state index is 0.0251. The van der Waals surface area contributed by atoms with Crippen LogP contribution in [0.5, 0.6) is 0 Å². The molecule has 0 saturated carbocycles. The fourth-order valence-corrected chi connectivity index (χ4v) is 4.13. The first-order valence-corrected chi connectivity index (χ1v) is 9.41. The van der Waals surface area contributed by atoms with E-state index in [2.05, 4.69) is 45.4 Å². The van der Waals surface area contributed by atoms with Crippen LogP contribution in [-0.4, -0.2) is 35.6 Å². The highest BCUT2D eigenvalue weighted by molar-refractivity contribution is 5.30. The quantitative estimate of drug-likeness (QED) is 0.782. The second kappa shape index (κ2) is 6.72. The molecule has 1 aliphatic rings. The fraction of sp³-hybridized carbons (Fsp3) is 0.526. The average molecular weight is 354 g/mol. The Balaban J connectivity index is 1.68. The number of aromatic nitrogens is 5. The molecule has 1 atom stereocenters. The Hall–Kier alpha value is -2.41. The van der Waals surface area contributed by atoms with Gasteiger partial charge in [-0.15, -0.1) is 0 Å². The van der Waals surface area contributed by atoms with Crippen molar-refractivity contribution in [1.82, 2.24) is 29.0 Å².